The number of halogens is 2. The summed E-state index contributed by atoms with van der Waals surface area (Å²) in [6.07, 6.45) is 3.15. The van der Waals surface area contributed by atoms with E-state index in [1.807, 2.05) is 56.9 Å². The van der Waals surface area contributed by atoms with Crippen LogP contribution in [0.2, 0.25) is 0 Å². The van der Waals surface area contributed by atoms with E-state index in [2.05, 4.69) is 25.6 Å². The van der Waals surface area contributed by atoms with E-state index in [1.54, 1.807) is 35.4 Å². The number of hydrogen-bond acceptors (Lipinski definition) is 10. The van der Waals surface area contributed by atoms with Crippen LogP contribution in [0, 0.1) is 17.8 Å². The van der Waals surface area contributed by atoms with Crippen molar-refractivity contribution in [3.05, 3.63) is 83.6 Å². The number of benzene rings is 3. The van der Waals surface area contributed by atoms with Crippen LogP contribution >= 0.6 is 0 Å². The predicted octanol–water partition coefficient (Wildman–Crippen LogP) is 7.57. The van der Waals surface area contributed by atoms with Crippen LogP contribution in [0.15, 0.2) is 60.8 Å². The smallest absolute Gasteiger partial charge is 0.407 e. The quantitative estimate of drug-likeness (QED) is 0.109. The molecule has 2 bridgehead atoms. The highest BCUT2D eigenvalue weighted by atomic mass is 19.3. The maximum atomic E-state index is 16.7. The number of rotatable bonds is 10. The van der Waals surface area contributed by atoms with E-state index in [-0.39, 0.29) is 65.7 Å². The fraction of sp³-hybridized carbons (Fsp3) is 0.469. The topological polar surface area (TPSA) is 193 Å². The zero-order valence-corrected chi connectivity index (χ0v) is 38.2. The fourth-order valence-electron chi connectivity index (χ4n) is 11.0. The Labute approximate surface area is 385 Å². The summed E-state index contributed by atoms with van der Waals surface area (Å²) in [5.74, 6) is -4.04. The molecule has 3 aromatic carbocycles. The van der Waals surface area contributed by atoms with Crippen LogP contribution in [0.3, 0.4) is 0 Å². The van der Waals surface area contributed by atoms with Gasteiger partial charge in [-0.3, -0.25) is 9.59 Å². The number of carbonyl (C=O) groups is 4. The zero-order valence-electron chi connectivity index (χ0n) is 38.2. The number of amides is 4. The van der Waals surface area contributed by atoms with Crippen LogP contribution in [-0.4, -0.2) is 112 Å². The standard InChI is InChI=1S/C49H54F2N8O8/c1-24(2)39(56-46(62)64-5)44(60)58-23-48(66-15-16-67-48)21-38(58)42-52-22-37(55-42)28-9-13-32-31-12-8-26(18-33(31)49(50,51)34(32)19-28)27-10-14-35-36(20-27)54-43(53-35)41-29-7-11-30(17-29)59(41)45(61)40(25(3)4)57-47(63)65-6/h8-10,12-14,18-20,22,24-25,29-30,38-41H,7,11,15-17,21,23H2,1-6H3,(H,52,55)(H,53,54)(H,56,62)(H,57,63)/t29-,30+,38-,39-,40-,41-/m0/s1. The number of fused-ring (bicyclic) bond motifs is 6. The summed E-state index contributed by atoms with van der Waals surface area (Å²) in [7, 11) is 2.51. The van der Waals surface area contributed by atoms with Crippen molar-refractivity contribution in [1.29, 1.82) is 0 Å². The minimum Gasteiger partial charge on any atom is -0.453 e. The van der Waals surface area contributed by atoms with E-state index < -0.39 is 42.0 Å². The maximum absolute atomic E-state index is 16.7. The minimum atomic E-state index is -3.32. The lowest BCUT2D eigenvalue weighted by Gasteiger charge is -2.37. The number of nitrogens with zero attached hydrogens (tertiary/aromatic N) is 4. The van der Waals surface area contributed by atoms with Gasteiger partial charge in [0.05, 0.1) is 69.0 Å². The lowest BCUT2D eigenvalue weighted by Crippen LogP contribution is -2.54. The number of H-pyrrole nitrogens is 2. The molecule has 1 spiro atoms. The molecule has 3 saturated heterocycles. The van der Waals surface area contributed by atoms with Gasteiger partial charge >= 0.3 is 12.2 Å². The number of nitrogens with one attached hydrogen (secondary N) is 4. The third kappa shape index (κ3) is 7.57. The van der Waals surface area contributed by atoms with Gasteiger partial charge < -0.3 is 49.3 Å². The molecule has 18 heteroatoms. The van der Waals surface area contributed by atoms with Crippen molar-refractivity contribution in [1.82, 2.24) is 40.4 Å². The average molecular weight is 921 g/mol. The van der Waals surface area contributed by atoms with Gasteiger partial charge in [0, 0.05) is 29.2 Å². The molecule has 3 aliphatic heterocycles. The third-order valence-corrected chi connectivity index (χ3v) is 14.4. The Kier molecular flexibility index (Phi) is 11.1. The molecule has 0 unspecified atom stereocenters. The van der Waals surface area contributed by atoms with E-state index in [1.165, 1.54) is 20.3 Å². The number of piperidine rings is 1. The van der Waals surface area contributed by atoms with Gasteiger partial charge in [-0.2, -0.15) is 8.78 Å². The predicted molar refractivity (Wildman–Crippen MR) is 240 cm³/mol. The molecule has 4 amide bonds. The number of imidazole rings is 2. The molecule has 2 aliphatic carbocycles. The van der Waals surface area contributed by atoms with Crippen LogP contribution in [0.5, 0.6) is 0 Å². The van der Waals surface area contributed by atoms with Gasteiger partial charge in [0.2, 0.25) is 11.8 Å². The van der Waals surface area contributed by atoms with Crippen molar-refractivity contribution in [2.24, 2.45) is 17.8 Å². The molecule has 6 atom stereocenters. The van der Waals surface area contributed by atoms with Gasteiger partial charge in [0.25, 0.3) is 5.92 Å². The molecule has 352 valence electrons. The number of aromatic amines is 2. The monoisotopic (exact) mass is 920 g/mol. The van der Waals surface area contributed by atoms with Crippen LogP contribution < -0.4 is 10.6 Å². The molecule has 4 N–H and O–H groups in total. The number of likely N-dealkylation sites (tertiary alicyclic amines) is 2. The molecule has 4 fully saturated rings. The molecule has 5 aromatic rings. The summed E-state index contributed by atoms with van der Waals surface area (Å²) in [4.78, 5) is 72.4. The zero-order chi connectivity index (χ0) is 47.1. The molecule has 1 saturated carbocycles. The Hall–Kier alpha value is -6.40. The van der Waals surface area contributed by atoms with Gasteiger partial charge in [-0.05, 0) is 83.5 Å². The number of aromatic nitrogens is 4. The van der Waals surface area contributed by atoms with Gasteiger partial charge in [-0.25, -0.2) is 19.6 Å². The molecule has 67 heavy (non-hydrogen) atoms. The Bertz CT molecular complexity index is 2780. The van der Waals surface area contributed by atoms with Crippen molar-refractivity contribution in [3.63, 3.8) is 0 Å². The van der Waals surface area contributed by atoms with Gasteiger partial charge in [-0.15, -0.1) is 0 Å². The second-order valence-corrected chi connectivity index (χ2v) is 19.1. The van der Waals surface area contributed by atoms with Gasteiger partial charge in [0.1, 0.15) is 23.7 Å². The number of alkyl carbamates (subject to hydrolysis) is 2. The first-order valence-electron chi connectivity index (χ1n) is 22.9. The fourth-order valence-corrected chi connectivity index (χ4v) is 11.0. The van der Waals surface area contributed by atoms with Gasteiger partial charge in [0.15, 0.2) is 5.79 Å². The van der Waals surface area contributed by atoms with Crippen LogP contribution in [0.25, 0.3) is 44.5 Å². The summed E-state index contributed by atoms with van der Waals surface area (Å²) in [6, 6.07) is 13.2. The van der Waals surface area contributed by atoms with Crippen molar-refractivity contribution < 1.29 is 46.9 Å². The maximum Gasteiger partial charge on any atom is 0.407 e. The van der Waals surface area contributed by atoms with Crippen molar-refractivity contribution >= 4 is 35.0 Å². The van der Waals surface area contributed by atoms with E-state index >= 15 is 8.78 Å². The number of methoxy groups -OCH3 is 2. The number of carbonyl (C=O) groups excluding carboxylic acids is 4. The van der Waals surface area contributed by atoms with E-state index in [0.717, 1.165) is 30.3 Å². The normalized spacial score (nSPS) is 23.0. The first-order valence-corrected chi connectivity index (χ1v) is 22.9. The lowest BCUT2D eigenvalue weighted by atomic mass is 9.95. The second kappa shape index (κ2) is 16.7. The van der Waals surface area contributed by atoms with Crippen molar-refractivity contribution in [3.8, 4) is 33.5 Å². The number of ether oxygens (including phenoxy) is 4. The number of hydrogen-bond donors (Lipinski definition) is 4. The van der Waals surface area contributed by atoms with E-state index in [9.17, 15) is 19.2 Å². The Morgan fingerprint density at radius 1 is 0.791 bits per heavy atom. The molecule has 10 rings (SSSR count). The highest BCUT2D eigenvalue weighted by molar-refractivity contribution is 5.89. The molecule has 0 radical (unpaired) electrons. The summed E-state index contributed by atoms with van der Waals surface area (Å²) >= 11 is 0. The average Bonchev–Trinajstić information content (AvgIpc) is 4.20. The highest BCUT2D eigenvalue weighted by Crippen LogP contribution is 2.54. The van der Waals surface area contributed by atoms with Crippen LogP contribution in [0.4, 0.5) is 18.4 Å². The largest absolute Gasteiger partial charge is 0.453 e. The highest BCUT2D eigenvalue weighted by Gasteiger charge is 2.54. The molecule has 5 aliphatic rings. The van der Waals surface area contributed by atoms with E-state index in [4.69, 9.17) is 23.9 Å². The first-order chi connectivity index (χ1) is 32.1. The van der Waals surface area contributed by atoms with Crippen molar-refractivity contribution in [2.45, 2.75) is 95.3 Å². The molecular formula is C49H54F2N8O8. The second-order valence-electron chi connectivity index (χ2n) is 19.1. The summed E-state index contributed by atoms with van der Waals surface area (Å²) in [5.41, 5.74) is 4.36. The molecule has 16 nitrogen and oxygen atoms in total. The Morgan fingerprint density at radius 3 is 2.06 bits per heavy atom. The van der Waals surface area contributed by atoms with E-state index in [0.29, 0.717) is 58.3 Å². The molecule has 5 heterocycles. The van der Waals surface area contributed by atoms with Crippen LogP contribution in [-0.2, 0) is 34.5 Å². The Morgan fingerprint density at radius 2 is 1.40 bits per heavy atom. The molecular weight excluding hydrogens is 867 g/mol. The third-order valence-electron chi connectivity index (χ3n) is 14.4. The molecule has 2 aromatic heterocycles. The minimum absolute atomic E-state index is 0.0366. The summed E-state index contributed by atoms with van der Waals surface area (Å²) in [5, 5.41) is 5.38. The first kappa shape index (κ1) is 44.4. The van der Waals surface area contributed by atoms with Crippen molar-refractivity contribution in [2.75, 3.05) is 34.0 Å². The number of alkyl halides is 2. The summed E-state index contributed by atoms with van der Waals surface area (Å²) < 4.78 is 55.1. The van der Waals surface area contributed by atoms with Gasteiger partial charge in [-0.1, -0.05) is 58.0 Å². The SMILES string of the molecule is COC(=O)N[C@H](C(=O)N1CC2(C[C@H]1c1ncc(-c3ccc4c(c3)C(F)(F)c3cc(-c5ccc6nc([C@@H]7[C@H]8CC[C@H](C8)N7C(=O)[C@@H](NC(=O)OC)C(C)C)[nH]c6c5)ccc3-4)[nH]1)OCCO2)C(C)C. The van der Waals surface area contributed by atoms with Crippen LogP contribution in [0.1, 0.15) is 88.2 Å². The summed E-state index contributed by atoms with van der Waals surface area (Å²) in [6.45, 7) is 8.26. The Balaban J connectivity index is 0.902. The lowest BCUT2D eigenvalue weighted by molar-refractivity contribution is -0.153.